The minimum absolute atomic E-state index is 0.0223. The SMILES string of the molecule is CC[C@@H](C)c1ccccc1NC(=O)[C@@H](C)Sc1nnc(C2CC2)n1C1CC1. The Morgan fingerprint density at radius 3 is 2.63 bits per heavy atom. The second kappa shape index (κ2) is 7.66. The summed E-state index contributed by atoms with van der Waals surface area (Å²) in [5.74, 6) is 2.16. The number of rotatable bonds is 8. The molecule has 6 heteroatoms. The van der Waals surface area contributed by atoms with Gasteiger partial charge in [0.05, 0.1) is 5.25 Å². The molecule has 2 aliphatic carbocycles. The van der Waals surface area contributed by atoms with E-state index in [0.717, 1.165) is 23.1 Å². The van der Waals surface area contributed by atoms with Crippen LogP contribution in [0.3, 0.4) is 0 Å². The Morgan fingerprint density at radius 1 is 1.22 bits per heavy atom. The van der Waals surface area contributed by atoms with Gasteiger partial charge in [-0.25, -0.2) is 0 Å². The summed E-state index contributed by atoms with van der Waals surface area (Å²) in [4.78, 5) is 12.8. The van der Waals surface area contributed by atoms with Crippen LogP contribution in [-0.4, -0.2) is 25.9 Å². The Bertz CT molecular complexity index is 825. The van der Waals surface area contributed by atoms with Gasteiger partial charge < -0.3 is 9.88 Å². The predicted molar refractivity (Wildman–Crippen MR) is 109 cm³/mol. The normalized spacial score (nSPS) is 18.9. The van der Waals surface area contributed by atoms with Gasteiger partial charge in [0.15, 0.2) is 5.16 Å². The van der Waals surface area contributed by atoms with Crippen LogP contribution < -0.4 is 5.32 Å². The first-order valence-corrected chi connectivity index (χ1v) is 11.0. The van der Waals surface area contributed by atoms with Gasteiger partial charge in [0.25, 0.3) is 0 Å². The molecule has 1 aromatic heterocycles. The van der Waals surface area contributed by atoms with Crippen LogP contribution in [0, 0.1) is 0 Å². The Hall–Kier alpha value is -1.82. The molecule has 144 valence electrons. The van der Waals surface area contributed by atoms with E-state index >= 15 is 0 Å². The number of benzene rings is 1. The lowest BCUT2D eigenvalue weighted by Gasteiger charge is -2.18. The molecule has 0 spiro atoms. The number of hydrogen-bond acceptors (Lipinski definition) is 4. The van der Waals surface area contributed by atoms with Crippen molar-refractivity contribution in [1.29, 1.82) is 0 Å². The van der Waals surface area contributed by atoms with Crippen LogP contribution in [0.1, 0.15) is 82.1 Å². The third-order valence-electron chi connectivity index (χ3n) is 5.56. The summed E-state index contributed by atoms with van der Waals surface area (Å²) in [7, 11) is 0. The summed E-state index contributed by atoms with van der Waals surface area (Å²) in [6.45, 7) is 6.32. The molecule has 0 radical (unpaired) electrons. The van der Waals surface area contributed by atoms with Gasteiger partial charge in [-0.1, -0.05) is 43.8 Å². The van der Waals surface area contributed by atoms with Crippen molar-refractivity contribution in [2.24, 2.45) is 0 Å². The molecule has 2 aliphatic rings. The molecule has 5 nitrogen and oxygen atoms in total. The number of aromatic nitrogens is 3. The minimum atomic E-state index is -0.219. The lowest BCUT2D eigenvalue weighted by Crippen LogP contribution is -2.23. The zero-order valence-corrected chi connectivity index (χ0v) is 17.1. The van der Waals surface area contributed by atoms with Gasteiger partial charge in [-0.05, 0) is 56.6 Å². The van der Waals surface area contributed by atoms with Crippen molar-refractivity contribution in [3.8, 4) is 0 Å². The molecular formula is C21H28N4OS. The predicted octanol–water partition coefficient (Wildman–Crippen LogP) is 5.12. The Kier molecular flexibility index (Phi) is 5.26. The Balaban J connectivity index is 1.46. The number of carbonyl (C=O) groups excluding carboxylic acids is 1. The van der Waals surface area contributed by atoms with Gasteiger partial charge in [-0.15, -0.1) is 10.2 Å². The third kappa shape index (κ3) is 4.05. The molecule has 4 rings (SSSR count). The monoisotopic (exact) mass is 384 g/mol. The van der Waals surface area contributed by atoms with E-state index in [1.807, 2.05) is 25.1 Å². The smallest absolute Gasteiger partial charge is 0.237 e. The highest BCUT2D eigenvalue weighted by atomic mass is 32.2. The van der Waals surface area contributed by atoms with E-state index in [9.17, 15) is 4.79 Å². The number of nitrogens with zero attached hydrogens (tertiary/aromatic N) is 3. The van der Waals surface area contributed by atoms with E-state index in [1.165, 1.54) is 43.0 Å². The first kappa shape index (κ1) is 18.5. The number of nitrogens with one attached hydrogen (secondary N) is 1. The number of hydrogen-bond donors (Lipinski definition) is 1. The number of anilines is 1. The van der Waals surface area contributed by atoms with Crippen molar-refractivity contribution < 1.29 is 4.79 Å². The molecule has 1 aromatic carbocycles. The highest BCUT2D eigenvalue weighted by molar-refractivity contribution is 8.00. The van der Waals surface area contributed by atoms with Gasteiger partial charge in [-0.3, -0.25) is 4.79 Å². The summed E-state index contributed by atoms with van der Waals surface area (Å²) < 4.78 is 2.30. The number of thioether (sulfide) groups is 1. The quantitative estimate of drug-likeness (QED) is 0.642. The van der Waals surface area contributed by atoms with Gasteiger partial charge in [0, 0.05) is 17.6 Å². The second-order valence-electron chi connectivity index (χ2n) is 7.86. The largest absolute Gasteiger partial charge is 0.325 e. The van der Waals surface area contributed by atoms with Crippen molar-refractivity contribution in [3.63, 3.8) is 0 Å². The molecule has 1 amide bonds. The highest BCUT2D eigenvalue weighted by Crippen LogP contribution is 2.46. The Labute approximate surface area is 165 Å². The van der Waals surface area contributed by atoms with Gasteiger partial charge >= 0.3 is 0 Å². The molecule has 0 saturated heterocycles. The van der Waals surface area contributed by atoms with Crippen LogP contribution in [0.4, 0.5) is 5.69 Å². The van der Waals surface area contributed by atoms with E-state index in [1.54, 1.807) is 0 Å². The van der Waals surface area contributed by atoms with Crippen molar-refractivity contribution in [2.45, 2.75) is 81.2 Å². The molecule has 0 aliphatic heterocycles. The summed E-state index contributed by atoms with van der Waals surface area (Å²) in [5.41, 5.74) is 2.12. The highest BCUT2D eigenvalue weighted by Gasteiger charge is 2.37. The molecule has 27 heavy (non-hydrogen) atoms. The van der Waals surface area contributed by atoms with Crippen molar-refractivity contribution >= 4 is 23.4 Å². The number of para-hydroxylation sites is 1. The average molecular weight is 385 g/mol. The molecule has 0 unspecified atom stereocenters. The summed E-state index contributed by atoms with van der Waals surface area (Å²) in [5, 5.41) is 12.7. The maximum Gasteiger partial charge on any atom is 0.237 e. The average Bonchev–Trinajstić information content (AvgIpc) is 3.60. The van der Waals surface area contributed by atoms with Crippen LogP contribution in [0.15, 0.2) is 29.4 Å². The molecule has 2 fully saturated rings. The fourth-order valence-electron chi connectivity index (χ4n) is 3.37. The molecule has 2 aromatic rings. The van der Waals surface area contributed by atoms with Crippen LogP contribution in [0.2, 0.25) is 0 Å². The summed E-state index contributed by atoms with van der Waals surface area (Å²) in [6.07, 6.45) is 5.89. The molecule has 1 heterocycles. The van der Waals surface area contributed by atoms with E-state index in [2.05, 4.69) is 40.0 Å². The third-order valence-corrected chi connectivity index (χ3v) is 6.62. The fraction of sp³-hybridized carbons (Fsp3) is 0.571. The molecule has 2 atom stereocenters. The standard InChI is InChI=1S/C21H28N4OS/c1-4-13(2)17-7-5-6-8-18(17)22-20(26)14(3)27-21-24-23-19(15-9-10-15)25(21)16-11-12-16/h5-8,13-16H,4,9-12H2,1-3H3,(H,22,26)/t13-,14-/m1/s1. The van der Waals surface area contributed by atoms with E-state index in [4.69, 9.17) is 0 Å². The first-order valence-electron chi connectivity index (χ1n) is 10.1. The zero-order chi connectivity index (χ0) is 19.0. The van der Waals surface area contributed by atoms with Gasteiger partial charge in [-0.2, -0.15) is 0 Å². The zero-order valence-electron chi connectivity index (χ0n) is 16.3. The van der Waals surface area contributed by atoms with Gasteiger partial charge in [0.1, 0.15) is 5.82 Å². The fourth-order valence-corrected chi connectivity index (χ4v) is 4.30. The van der Waals surface area contributed by atoms with Crippen LogP contribution >= 0.6 is 11.8 Å². The van der Waals surface area contributed by atoms with Crippen molar-refractivity contribution in [1.82, 2.24) is 14.8 Å². The van der Waals surface area contributed by atoms with Crippen molar-refractivity contribution in [3.05, 3.63) is 35.7 Å². The lowest BCUT2D eigenvalue weighted by atomic mass is 9.97. The van der Waals surface area contributed by atoms with Crippen LogP contribution in [0.25, 0.3) is 0 Å². The summed E-state index contributed by atoms with van der Waals surface area (Å²) >= 11 is 1.53. The van der Waals surface area contributed by atoms with E-state index in [-0.39, 0.29) is 11.2 Å². The maximum atomic E-state index is 12.8. The summed E-state index contributed by atoms with van der Waals surface area (Å²) in [6, 6.07) is 8.65. The molecule has 2 saturated carbocycles. The van der Waals surface area contributed by atoms with Crippen LogP contribution in [0.5, 0.6) is 0 Å². The van der Waals surface area contributed by atoms with Crippen LogP contribution in [-0.2, 0) is 4.79 Å². The topological polar surface area (TPSA) is 59.8 Å². The Morgan fingerprint density at radius 2 is 1.96 bits per heavy atom. The lowest BCUT2D eigenvalue weighted by molar-refractivity contribution is -0.115. The number of carbonyl (C=O) groups is 1. The van der Waals surface area contributed by atoms with Gasteiger partial charge in [0.2, 0.25) is 5.91 Å². The maximum absolute atomic E-state index is 12.8. The number of amides is 1. The molecule has 1 N–H and O–H groups in total. The molecular weight excluding hydrogens is 356 g/mol. The van der Waals surface area contributed by atoms with E-state index in [0.29, 0.717) is 17.9 Å². The minimum Gasteiger partial charge on any atom is -0.325 e. The van der Waals surface area contributed by atoms with E-state index < -0.39 is 0 Å². The molecule has 0 bridgehead atoms. The first-order chi connectivity index (χ1) is 13.1. The second-order valence-corrected chi connectivity index (χ2v) is 9.17. The van der Waals surface area contributed by atoms with Crippen molar-refractivity contribution in [2.75, 3.05) is 5.32 Å².